The maximum absolute atomic E-state index is 13.2. The van der Waals surface area contributed by atoms with Crippen LogP contribution in [0.15, 0.2) is 54.6 Å². The van der Waals surface area contributed by atoms with E-state index in [0.717, 1.165) is 16.9 Å². The third kappa shape index (κ3) is 5.81. The first-order valence-electron chi connectivity index (χ1n) is 12.3. The van der Waals surface area contributed by atoms with Crippen molar-refractivity contribution in [1.82, 2.24) is 20.0 Å². The van der Waals surface area contributed by atoms with E-state index in [1.165, 1.54) is 12.0 Å². The Morgan fingerprint density at radius 3 is 2.53 bits per heavy atom. The number of rotatable bonds is 8. The second-order valence-corrected chi connectivity index (χ2v) is 9.40. The van der Waals surface area contributed by atoms with E-state index < -0.39 is 0 Å². The Balaban J connectivity index is 1.18. The standard InChI is InChI=1S/C27H28ClN5O5/c1-36-17-27(35)33(15-19-6-8-23-24(14-19)38-18-37-23)16-26(34)32-12-10-31(11-13-32)25-9-7-22(29-30-25)20-4-2-3-5-21(20)28/h2-9,14H,10-13,15-18H2,1H3. The minimum absolute atomic E-state index is 0.0387. The van der Waals surface area contributed by atoms with Crippen molar-refractivity contribution in [3.63, 3.8) is 0 Å². The van der Waals surface area contributed by atoms with Crippen molar-refractivity contribution < 1.29 is 23.8 Å². The van der Waals surface area contributed by atoms with Crippen molar-refractivity contribution in [1.29, 1.82) is 0 Å². The number of nitrogens with zero attached hydrogens (tertiary/aromatic N) is 5. The summed E-state index contributed by atoms with van der Waals surface area (Å²) in [7, 11) is 1.46. The number of amides is 2. The van der Waals surface area contributed by atoms with Gasteiger partial charge in [-0.05, 0) is 35.9 Å². The molecule has 2 aromatic carbocycles. The number of piperazine rings is 1. The Morgan fingerprint density at radius 1 is 1.00 bits per heavy atom. The smallest absolute Gasteiger partial charge is 0.249 e. The highest BCUT2D eigenvalue weighted by Crippen LogP contribution is 2.33. The lowest BCUT2D eigenvalue weighted by molar-refractivity contribution is -0.143. The molecule has 5 rings (SSSR count). The van der Waals surface area contributed by atoms with Gasteiger partial charge in [0, 0.05) is 45.4 Å². The van der Waals surface area contributed by atoms with E-state index in [1.807, 2.05) is 54.6 Å². The molecule has 2 amide bonds. The highest BCUT2D eigenvalue weighted by molar-refractivity contribution is 6.33. The average Bonchev–Trinajstić information content (AvgIpc) is 3.41. The molecule has 2 aliphatic heterocycles. The molecule has 198 valence electrons. The number of ether oxygens (including phenoxy) is 3. The number of benzene rings is 2. The van der Waals surface area contributed by atoms with Crippen LogP contribution in [0.5, 0.6) is 11.5 Å². The number of methoxy groups -OCH3 is 1. The van der Waals surface area contributed by atoms with Crippen molar-refractivity contribution in [2.45, 2.75) is 6.54 Å². The molecule has 0 N–H and O–H groups in total. The number of aromatic nitrogens is 2. The van der Waals surface area contributed by atoms with E-state index in [1.54, 1.807) is 4.90 Å². The Bertz CT molecular complexity index is 1300. The van der Waals surface area contributed by atoms with Crippen molar-refractivity contribution in [3.8, 4) is 22.8 Å². The molecule has 0 aliphatic carbocycles. The molecule has 0 unspecified atom stereocenters. The molecule has 1 aromatic heterocycles. The zero-order valence-electron chi connectivity index (χ0n) is 21.0. The molecule has 10 nitrogen and oxygen atoms in total. The summed E-state index contributed by atoms with van der Waals surface area (Å²) in [5.41, 5.74) is 2.38. The molecule has 2 aliphatic rings. The lowest BCUT2D eigenvalue weighted by Crippen LogP contribution is -2.52. The van der Waals surface area contributed by atoms with Gasteiger partial charge in [0.1, 0.15) is 13.2 Å². The minimum atomic E-state index is -0.258. The van der Waals surface area contributed by atoms with Gasteiger partial charge in [0.05, 0.1) is 10.7 Å². The molecule has 0 saturated carbocycles. The molecule has 1 fully saturated rings. The SMILES string of the molecule is COCC(=O)N(CC(=O)N1CCN(c2ccc(-c3ccccc3Cl)nn2)CC1)Cc1ccc2c(c1)OCO2. The molecule has 3 heterocycles. The molecule has 1 saturated heterocycles. The van der Waals surface area contributed by atoms with Gasteiger partial charge in [-0.2, -0.15) is 0 Å². The Kier molecular flexibility index (Phi) is 7.90. The summed E-state index contributed by atoms with van der Waals surface area (Å²) in [5.74, 6) is 1.67. The predicted molar refractivity (Wildman–Crippen MR) is 141 cm³/mol. The first-order chi connectivity index (χ1) is 18.5. The number of hydrogen-bond donors (Lipinski definition) is 0. The van der Waals surface area contributed by atoms with Gasteiger partial charge in [0.15, 0.2) is 17.3 Å². The van der Waals surface area contributed by atoms with Crippen LogP contribution < -0.4 is 14.4 Å². The molecule has 3 aromatic rings. The highest BCUT2D eigenvalue weighted by Gasteiger charge is 2.26. The molecule has 11 heteroatoms. The fraction of sp³-hybridized carbons (Fsp3) is 0.333. The topological polar surface area (TPSA) is 97.3 Å². The van der Waals surface area contributed by atoms with Crippen LogP contribution in [-0.4, -0.2) is 85.0 Å². The van der Waals surface area contributed by atoms with Crippen LogP contribution in [0.25, 0.3) is 11.3 Å². The molecular formula is C27H28ClN5O5. The lowest BCUT2D eigenvalue weighted by Gasteiger charge is -2.36. The molecule has 38 heavy (non-hydrogen) atoms. The van der Waals surface area contributed by atoms with Crippen LogP contribution in [0.2, 0.25) is 5.02 Å². The first kappa shape index (κ1) is 25.7. The summed E-state index contributed by atoms with van der Waals surface area (Å²) in [6.07, 6.45) is 0. The number of carbonyl (C=O) groups is 2. The second kappa shape index (κ2) is 11.7. The Hall–Kier alpha value is -3.89. The normalized spacial score (nSPS) is 14.5. The van der Waals surface area contributed by atoms with E-state index in [9.17, 15) is 9.59 Å². The van der Waals surface area contributed by atoms with Crippen LogP contribution in [-0.2, 0) is 20.9 Å². The summed E-state index contributed by atoms with van der Waals surface area (Å²) in [6.45, 7) is 2.55. The fourth-order valence-electron chi connectivity index (χ4n) is 4.46. The van der Waals surface area contributed by atoms with Gasteiger partial charge >= 0.3 is 0 Å². The van der Waals surface area contributed by atoms with Crippen molar-refractivity contribution in [2.24, 2.45) is 0 Å². The average molecular weight is 538 g/mol. The summed E-state index contributed by atoms with van der Waals surface area (Å²) in [5, 5.41) is 9.35. The van der Waals surface area contributed by atoms with E-state index in [0.29, 0.717) is 48.4 Å². The van der Waals surface area contributed by atoms with Gasteiger partial charge in [-0.3, -0.25) is 9.59 Å². The fourth-order valence-corrected chi connectivity index (χ4v) is 4.69. The maximum Gasteiger partial charge on any atom is 0.249 e. The number of anilines is 1. The monoisotopic (exact) mass is 537 g/mol. The van der Waals surface area contributed by atoms with Crippen molar-refractivity contribution in [3.05, 3.63) is 65.2 Å². The summed E-state index contributed by atoms with van der Waals surface area (Å²) in [4.78, 5) is 31.3. The van der Waals surface area contributed by atoms with Gasteiger partial charge in [0.2, 0.25) is 18.6 Å². The van der Waals surface area contributed by atoms with Crippen LogP contribution in [0.3, 0.4) is 0 Å². The molecule has 0 bridgehead atoms. The molecule has 0 radical (unpaired) electrons. The second-order valence-electron chi connectivity index (χ2n) is 8.99. The number of fused-ring (bicyclic) bond motifs is 1. The van der Waals surface area contributed by atoms with Gasteiger partial charge in [0.25, 0.3) is 0 Å². The Labute approximate surface area is 225 Å². The molecule has 0 spiro atoms. The van der Waals surface area contributed by atoms with E-state index in [-0.39, 0.29) is 38.3 Å². The highest BCUT2D eigenvalue weighted by atomic mass is 35.5. The number of carbonyl (C=O) groups excluding carboxylic acids is 2. The van der Waals surface area contributed by atoms with Crippen LogP contribution in [0.4, 0.5) is 5.82 Å². The number of halogens is 1. The molecular weight excluding hydrogens is 510 g/mol. The third-order valence-electron chi connectivity index (χ3n) is 6.51. The molecule has 0 atom stereocenters. The Morgan fingerprint density at radius 2 is 1.79 bits per heavy atom. The van der Waals surface area contributed by atoms with Crippen LogP contribution in [0.1, 0.15) is 5.56 Å². The minimum Gasteiger partial charge on any atom is -0.454 e. The predicted octanol–water partition coefficient (Wildman–Crippen LogP) is 2.85. The summed E-state index contributed by atoms with van der Waals surface area (Å²) < 4.78 is 15.8. The van der Waals surface area contributed by atoms with E-state index in [4.69, 9.17) is 25.8 Å². The van der Waals surface area contributed by atoms with Gasteiger partial charge in [-0.25, -0.2) is 0 Å². The quantitative estimate of drug-likeness (QED) is 0.433. The summed E-state index contributed by atoms with van der Waals surface area (Å²) >= 11 is 6.28. The third-order valence-corrected chi connectivity index (χ3v) is 6.84. The lowest BCUT2D eigenvalue weighted by atomic mass is 10.1. The first-order valence-corrected chi connectivity index (χ1v) is 12.7. The number of hydrogen-bond acceptors (Lipinski definition) is 8. The van der Waals surface area contributed by atoms with Gasteiger partial charge in [-0.1, -0.05) is 35.9 Å². The zero-order valence-corrected chi connectivity index (χ0v) is 21.8. The van der Waals surface area contributed by atoms with Crippen molar-refractivity contribution in [2.75, 3.05) is 58.1 Å². The summed E-state index contributed by atoms with van der Waals surface area (Å²) in [6, 6.07) is 16.8. The van der Waals surface area contributed by atoms with Crippen molar-refractivity contribution >= 4 is 29.2 Å². The van der Waals surface area contributed by atoms with E-state index in [2.05, 4.69) is 15.1 Å². The van der Waals surface area contributed by atoms with Crippen LogP contribution >= 0.6 is 11.6 Å². The van der Waals surface area contributed by atoms with Crippen LogP contribution in [0, 0.1) is 0 Å². The maximum atomic E-state index is 13.2. The zero-order chi connectivity index (χ0) is 26.5. The van der Waals surface area contributed by atoms with Gasteiger partial charge in [-0.15, -0.1) is 10.2 Å². The van der Waals surface area contributed by atoms with Gasteiger partial charge < -0.3 is 28.9 Å². The largest absolute Gasteiger partial charge is 0.454 e. The van der Waals surface area contributed by atoms with E-state index >= 15 is 0 Å².